The Balaban J connectivity index is 2.04. The summed E-state index contributed by atoms with van der Waals surface area (Å²) < 4.78 is 1.16. The quantitative estimate of drug-likeness (QED) is 0.867. The van der Waals surface area contributed by atoms with Crippen LogP contribution in [0.25, 0.3) is 10.8 Å². The van der Waals surface area contributed by atoms with Crippen molar-refractivity contribution in [2.24, 2.45) is 11.7 Å². The number of piperidine rings is 1. The molecule has 0 amide bonds. The Labute approximate surface area is 122 Å². The number of rotatable bonds is 1. The van der Waals surface area contributed by atoms with Crippen molar-refractivity contribution in [1.82, 2.24) is 0 Å². The van der Waals surface area contributed by atoms with Gasteiger partial charge in [0.25, 0.3) is 0 Å². The van der Waals surface area contributed by atoms with Gasteiger partial charge in [-0.3, -0.25) is 0 Å². The van der Waals surface area contributed by atoms with Gasteiger partial charge in [0.15, 0.2) is 0 Å². The van der Waals surface area contributed by atoms with E-state index in [1.54, 1.807) is 0 Å². The van der Waals surface area contributed by atoms with Crippen LogP contribution in [0.1, 0.15) is 13.3 Å². The van der Waals surface area contributed by atoms with Gasteiger partial charge < -0.3 is 10.6 Å². The van der Waals surface area contributed by atoms with Crippen LogP contribution in [0.15, 0.2) is 40.9 Å². The highest BCUT2D eigenvalue weighted by Crippen LogP contribution is 2.34. The molecular weight excluding hydrogens is 300 g/mol. The maximum atomic E-state index is 6.12. The highest BCUT2D eigenvalue weighted by atomic mass is 79.9. The molecule has 3 heteroatoms. The predicted molar refractivity (Wildman–Crippen MR) is 85.6 cm³/mol. The zero-order valence-electron chi connectivity index (χ0n) is 11.1. The Morgan fingerprint density at radius 3 is 2.63 bits per heavy atom. The average molecular weight is 319 g/mol. The van der Waals surface area contributed by atoms with Crippen LogP contribution >= 0.6 is 15.9 Å². The lowest BCUT2D eigenvalue weighted by Crippen LogP contribution is -2.46. The third-order valence-corrected chi connectivity index (χ3v) is 4.85. The molecule has 2 aromatic carbocycles. The van der Waals surface area contributed by atoms with Crippen LogP contribution in [0.5, 0.6) is 0 Å². The van der Waals surface area contributed by atoms with Crippen molar-refractivity contribution >= 4 is 32.4 Å². The molecule has 0 radical (unpaired) electrons. The van der Waals surface area contributed by atoms with Gasteiger partial charge in [0.1, 0.15) is 0 Å². The number of hydrogen-bond donors (Lipinski definition) is 1. The number of anilines is 1. The first kappa shape index (κ1) is 12.9. The van der Waals surface area contributed by atoms with Gasteiger partial charge in [-0.1, -0.05) is 47.1 Å². The van der Waals surface area contributed by atoms with E-state index >= 15 is 0 Å². The zero-order chi connectivity index (χ0) is 13.4. The predicted octanol–water partition coefficient (Wildman–Crippen LogP) is 3.78. The van der Waals surface area contributed by atoms with E-state index in [2.05, 4.69) is 64.2 Å². The lowest BCUT2D eigenvalue weighted by Gasteiger charge is -2.37. The molecule has 3 rings (SSSR count). The minimum Gasteiger partial charge on any atom is -0.371 e. The fourth-order valence-electron chi connectivity index (χ4n) is 2.90. The molecule has 0 spiro atoms. The second-order valence-corrected chi connectivity index (χ2v) is 6.34. The normalized spacial score (nSPS) is 23.8. The Bertz CT molecular complexity index is 596. The molecule has 1 fully saturated rings. The molecule has 2 nitrogen and oxygen atoms in total. The molecule has 1 aliphatic rings. The largest absolute Gasteiger partial charge is 0.371 e. The summed E-state index contributed by atoms with van der Waals surface area (Å²) in [6, 6.07) is 13.3. The van der Waals surface area contributed by atoms with Crippen LogP contribution in [0.2, 0.25) is 0 Å². The van der Waals surface area contributed by atoms with Gasteiger partial charge in [-0.2, -0.15) is 0 Å². The third kappa shape index (κ3) is 2.37. The summed E-state index contributed by atoms with van der Waals surface area (Å²) in [6.45, 7) is 4.35. The van der Waals surface area contributed by atoms with Crippen LogP contribution in [0.4, 0.5) is 5.69 Å². The number of fused-ring (bicyclic) bond motifs is 1. The van der Waals surface area contributed by atoms with Crippen LogP contribution < -0.4 is 10.6 Å². The Kier molecular flexibility index (Phi) is 3.50. The standard InChI is InChI=1S/C16H19BrN2/c1-11-10-19(9-8-15(11)18)16-7-6-14(17)12-4-2-3-5-13(12)16/h2-7,11,15H,8-10,18H2,1H3. The highest BCUT2D eigenvalue weighted by molar-refractivity contribution is 9.10. The van der Waals surface area contributed by atoms with E-state index < -0.39 is 0 Å². The van der Waals surface area contributed by atoms with Crippen LogP contribution in [-0.4, -0.2) is 19.1 Å². The number of hydrogen-bond acceptors (Lipinski definition) is 2. The van der Waals surface area contributed by atoms with Gasteiger partial charge in [0.2, 0.25) is 0 Å². The van der Waals surface area contributed by atoms with Crippen molar-refractivity contribution in [3.8, 4) is 0 Å². The molecule has 2 unspecified atom stereocenters. The molecule has 0 bridgehead atoms. The maximum Gasteiger partial charge on any atom is 0.0446 e. The van der Waals surface area contributed by atoms with Gasteiger partial charge in [0.05, 0.1) is 0 Å². The number of nitrogens with zero attached hydrogens (tertiary/aromatic N) is 1. The van der Waals surface area contributed by atoms with E-state index in [4.69, 9.17) is 5.73 Å². The number of halogens is 1. The first-order valence-corrected chi connectivity index (χ1v) is 7.64. The minimum atomic E-state index is 0.345. The Morgan fingerprint density at radius 2 is 1.89 bits per heavy atom. The molecule has 1 saturated heterocycles. The summed E-state index contributed by atoms with van der Waals surface area (Å²) in [5.74, 6) is 0.552. The summed E-state index contributed by atoms with van der Waals surface area (Å²) in [7, 11) is 0. The monoisotopic (exact) mass is 318 g/mol. The van der Waals surface area contributed by atoms with E-state index in [-0.39, 0.29) is 0 Å². The smallest absolute Gasteiger partial charge is 0.0446 e. The SMILES string of the molecule is CC1CN(c2ccc(Br)c3ccccc23)CCC1N. The van der Waals surface area contributed by atoms with Crippen LogP contribution in [-0.2, 0) is 0 Å². The fraction of sp³-hybridized carbons (Fsp3) is 0.375. The minimum absolute atomic E-state index is 0.345. The van der Waals surface area contributed by atoms with Crippen molar-refractivity contribution < 1.29 is 0 Å². The van der Waals surface area contributed by atoms with Gasteiger partial charge in [0, 0.05) is 34.7 Å². The molecule has 0 saturated carbocycles. The molecule has 1 aliphatic heterocycles. The first-order chi connectivity index (χ1) is 9.16. The number of nitrogens with two attached hydrogens (primary N) is 1. The lowest BCUT2D eigenvalue weighted by atomic mass is 9.94. The Morgan fingerprint density at radius 1 is 1.16 bits per heavy atom. The van der Waals surface area contributed by atoms with Crippen molar-refractivity contribution in [3.63, 3.8) is 0 Å². The number of benzene rings is 2. The second-order valence-electron chi connectivity index (χ2n) is 5.49. The van der Waals surface area contributed by atoms with E-state index in [9.17, 15) is 0 Å². The van der Waals surface area contributed by atoms with E-state index in [0.29, 0.717) is 12.0 Å². The van der Waals surface area contributed by atoms with Gasteiger partial charge >= 0.3 is 0 Å². The summed E-state index contributed by atoms with van der Waals surface area (Å²) in [6.07, 6.45) is 1.07. The van der Waals surface area contributed by atoms with Crippen molar-refractivity contribution in [3.05, 3.63) is 40.9 Å². The van der Waals surface area contributed by atoms with Crippen LogP contribution in [0.3, 0.4) is 0 Å². The van der Waals surface area contributed by atoms with Crippen molar-refractivity contribution in [2.45, 2.75) is 19.4 Å². The summed E-state index contributed by atoms with van der Waals surface area (Å²) >= 11 is 3.64. The summed E-state index contributed by atoms with van der Waals surface area (Å²) in [4.78, 5) is 2.48. The molecule has 1 heterocycles. The maximum absolute atomic E-state index is 6.12. The molecule has 2 atom stereocenters. The fourth-order valence-corrected chi connectivity index (χ4v) is 3.38. The van der Waals surface area contributed by atoms with Gasteiger partial charge in [-0.15, -0.1) is 0 Å². The molecule has 0 aliphatic carbocycles. The second kappa shape index (κ2) is 5.14. The van der Waals surface area contributed by atoms with Crippen LogP contribution in [0, 0.1) is 5.92 Å². The van der Waals surface area contributed by atoms with Crippen molar-refractivity contribution in [1.29, 1.82) is 0 Å². The molecule has 19 heavy (non-hydrogen) atoms. The third-order valence-electron chi connectivity index (χ3n) is 4.16. The first-order valence-electron chi connectivity index (χ1n) is 6.84. The lowest BCUT2D eigenvalue weighted by molar-refractivity contribution is 0.383. The summed E-state index contributed by atoms with van der Waals surface area (Å²) in [5.41, 5.74) is 7.45. The molecule has 0 aromatic heterocycles. The topological polar surface area (TPSA) is 29.3 Å². The highest BCUT2D eigenvalue weighted by Gasteiger charge is 2.24. The average Bonchev–Trinajstić information content (AvgIpc) is 2.43. The van der Waals surface area contributed by atoms with Gasteiger partial charge in [-0.05, 0) is 29.9 Å². The molecule has 2 aromatic rings. The molecular formula is C16H19BrN2. The van der Waals surface area contributed by atoms with E-state index in [1.165, 1.54) is 16.5 Å². The molecule has 2 N–H and O–H groups in total. The van der Waals surface area contributed by atoms with Crippen molar-refractivity contribution in [2.75, 3.05) is 18.0 Å². The summed E-state index contributed by atoms with van der Waals surface area (Å²) in [5, 5.41) is 2.60. The van der Waals surface area contributed by atoms with E-state index in [1.807, 2.05) is 0 Å². The van der Waals surface area contributed by atoms with Gasteiger partial charge in [-0.25, -0.2) is 0 Å². The zero-order valence-corrected chi connectivity index (χ0v) is 12.7. The Hall–Kier alpha value is -1.06. The van der Waals surface area contributed by atoms with E-state index in [0.717, 1.165) is 24.0 Å². The molecule has 100 valence electrons.